The first-order valence-corrected chi connectivity index (χ1v) is 5.02. The highest BCUT2D eigenvalue weighted by Gasteiger charge is 2.11. The second kappa shape index (κ2) is 4.20. The average molecular weight is 214 g/mol. The largest absolute Gasteiger partial charge is 0.508 e. The molecule has 0 aromatic heterocycles. The van der Waals surface area contributed by atoms with Crippen LogP contribution in [0.25, 0.3) is 0 Å². The normalized spacial score (nSPS) is 11.7. The Morgan fingerprint density at radius 1 is 1.43 bits per heavy atom. The van der Waals surface area contributed by atoms with Gasteiger partial charge in [-0.1, -0.05) is 17.7 Å². The van der Waals surface area contributed by atoms with Gasteiger partial charge in [-0.2, -0.15) is 0 Å². The Kier molecular flexibility index (Phi) is 3.40. The SMILES string of the molecule is CC(C)(N)CCc1ccc(O)cc1Cl. The zero-order chi connectivity index (χ0) is 10.8. The Morgan fingerprint density at radius 2 is 2.07 bits per heavy atom. The Labute approximate surface area is 89.7 Å². The fraction of sp³-hybridized carbons (Fsp3) is 0.455. The van der Waals surface area contributed by atoms with Crippen LogP contribution in [0.5, 0.6) is 5.75 Å². The third-order valence-electron chi connectivity index (χ3n) is 2.08. The van der Waals surface area contributed by atoms with E-state index < -0.39 is 0 Å². The molecular formula is C11H16ClNO. The molecule has 0 spiro atoms. The molecule has 0 radical (unpaired) electrons. The van der Waals surface area contributed by atoms with Gasteiger partial charge in [-0.3, -0.25) is 0 Å². The van der Waals surface area contributed by atoms with Crippen LogP contribution in [0.4, 0.5) is 0 Å². The lowest BCUT2D eigenvalue weighted by atomic mass is 9.96. The Morgan fingerprint density at radius 3 is 2.57 bits per heavy atom. The van der Waals surface area contributed by atoms with Crippen molar-refractivity contribution >= 4 is 11.6 Å². The van der Waals surface area contributed by atoms with Gasteiger partial charge in [0.15, 0.2) is 0 Å². The maximum absolute atomic E-state index is 9.16. The van der Waals surface area contributed by atoms with E-state index in [1.165, 1.54) is 0 Å². The molecule has 0 heterocycles. The van der Waals surface area contributed by atoms with Crippen molar-refractivity contribution in [1.82, 2.24) is 0 Å². The maximum atomic E-state index is 9.16. The van der Waals surface area contributed by atoms with Crippen LogP contribution in [0.3, 0.4) is 0 Å². The molecule has 78 valence electrons. The van der Waals surface area contributed by atoms with Crippen molar-refractivity contribution in [2.24, 2.45) is 5.73 Å². The third-order valence-corrected chi connectivity index (χ3v) is 2.43. The standard InChI is InChI=1S/C11H16ClNO/c1-11(2,13)6-5-8-3-4-9(14)7-10(8)12/h3-4,7,14H,5-6,13H2,1-2H3. The number of benzene rings is 1. The Balaban J connectivity index is 2.68. The van der Waals surface area contributed by atoms with Crippen molar-refractivity contribution in [2.45, 2.75) is 32.2 Å². The molecule has 0 fully saturated rings. The quantitative estimate of drug-likeness (QED) is 0.811. The van der Waals surface area contributed by atoms with Gasteiger partial charge < -0.3 is 10.8 Å². The van der Waals surface area contributed by atoms with Crippen LogP contribution in [-0.4, -0.2) is 10.6 Å². The summed E-state index contributed by atoms with van der Waals surface area (Å²) >= 11 is 5.96. The molecular weight excluding hydrogens is 198 g/mol. The second-order valence-electron chi connectivity index (χ2n) is 4.26. The van der Waals surface area contributed by atoms with Gasteiger partial charge in [0.1, 0.15) is 5.75 Å². The fourth-order valence-corrected chi connectivity index (χ4v) is 1.47. The van der Waals surface area contributed by atoms with Gasteiger partial charge in [0, 0.05) is 10.6 Å². The third kappa shape index (κ3) is 3.56. The van der Waals surface area contributed by atoms with Gasteiger partial charge in [0.25, 0.3) is 0 Å². The predicted octanol–water partition coefficient (Wildman–Crippen LogP) is 2.72. The molecule has 1 aromatic carbocycles. The van der Waals surface area contributed by atoms with Crippen molar-refractivity contribution in [2.75, 3.05) is 0 Å². The van der Waals surface area contributed by atoms with Crippen molar-refractivity contribution in [1.29, 1.82) is 0 Å². The van der Waals surface area contributed by atoms with Crippen LogP contribution < -0.4 is 5.73 Å². The lowest BCUT2D eigenvalue weighted by Gasteiger charge is -2.18. The first kappa shape index (κ1) is 11.3. The van der Waals surface area contributed by atoms with Crippen LogP contribution in [0.15, 0.2) is 18.2 Å². The zero-order valence-corrected chi connectivity index (χ0v) is 9.30. The van der Waals surface area contributed by atoms with Gasteiger partial charge >= 0.3 is 0 Å². The van der Waals surface area contributed by atoms with Crippen molar-refractivity contribution in [3.8, 4) is 5.75 Å². The van der Waals surface area contributed by atoms with Crippen LogP contribution in [0.1, 0.15) is 25.8 Å². The van der Waals surface area contributed by atoms with Crippen molar-refractivity contribution in [3.63, 3.8) is 0 Å². The number of aryl methyl sites for hydroxylation is 1. The van der Waals surface area contributed by atoms with E-state index in [1.807, 2.05) is 19.9 Å². The van der Waals surface area contributed by atoms with Gasteiger partial charge in [0.05, 0.1) is 0 Å². The fourth-order valence-electron chi connectivity index (χ4n) is 1.20. The molecule has 3 N–H and O–H groups in total. The van der Waals surface area contributed by atoms with E-state index in [1.54, 1.807) is 12.1 Å². The molecule has 0 bridgehead atoms. The van der Waals surface area contributed by atoms with E-state index in [4.69, 9.17) is 22.4 Å². The van der Waals surface area contributed by atoms with Crippen LogP contribution >= 0.6 is 11.6 Å². The van der Waals surface area contributed by atoms with Crippen LogP contribution in [0, 0.1) is 0 Å². The summed E-state index contributed by atoms with van der Waals surface area (Å²) in [6.45, 7) is 3.97. The molecule has 2 nitrogen and oxygen atoms in total. The maximum Gasteiger partial charge on any atom is 0.117 e. The summed E-state index contributed by atoms with van der Waals surface area (Å²) in [5, 5.41) is 9.76. The molecule has 0 aliphatic heterocycles. The summed E-state index contributed by atoms with van der Waals surface area (Å²) in [5.74, 6) is 0.200. The molecule has 14 heavy (non-hydrogen) atoms. The number of hydrogen-bond acceptors (Lipinski definition) is 2. The van der Waals surface area contributed by atoms with Gasteiger partial charge in [-0.15, -0.1) is 0 Å². The molecule has 1 rings (SSSR count). The van der Waals surface area contributed by atoms with E-state index in [9.17, 15) is 0 Å². The summed E-state index contributed by atoms with van der Waals surface area (Å²) in [7, 11) is 0. The minimum Gasteiger partial charge on any atom is -0.508 e. The lowest BCUT2D eigenvalue weighted by Crippen LogP contribution is -2.32. The van der Waals surface area contributed by atoms with E-state index in [0.29, 0.717) is 5.02 Å². The predicted molar refractivity (Wildman–Crippen MR) is 59.7 cm³/mol. The van der Waals surface area contributed by atoms with E-state index in [2.05, 4.69) is 0 Å². The number of phenols is 1. The minimum absolute atomic E-state index is 0.179. The number of aromatic hydroxyl groups is 1. The second-order valence-corrected chi connectivity index (χ2v) is 4.67. The molecule has 0 amide bonds. The van der Waals surface area contributed by atoms with Crippen molar-refractivity contribution in [3.05, 3.63) is 28.8 Å². The molecule has 3 heteroatoms. The smallest absolute Gasteiger partial charge is 0.117 e. The summed E-state index contributed by atoms with van der Waals surface area (Å²) < 4.78 is 0. The van der Waals surface area contributed by atoms with E-state index >= 15 is 0 Å². The van der Waals surface area contributed by atoms with Gasteiger partial charge in [-0.25, -0.2) is 0 Å². The Bertz CT molecular complexity index is 318. The number of rotatable bonds is 3. The number of hydrogen-bond donors (Lipinski definition) is 2. The van der Waals surface area contributed by atoms with E-state index in [-0.39, 0.29) is 11.3 Å². The summed E-state index contributed by atoms with van der Waals surface area (Å²) in [6, 6.07) is 5.04. The molecule has 0 saturated carbocycles. The van der Waals surface area contributed by atoms with Crippen LogP contribution in [-0.2, 0) is 6.42 Å². The average Bonchev–Trinajstić information content (AvgIpc) is 2.00. The zero-order valence-electron chi connectivity index (χ0n) is 8.55. The van der Waals surface area contributed by atoms with Gasteiger partial charge in [0.2, 0.25) is 0 Å². The van der Waals surface area contributed by atoms with Crippen molar-refractivity contribution < 1.29 is 5.11 Å². The molecule has 0 aliphatic rings. The summed E-state index contributed by atoms with van der Waals surface area (Å²) in [4.78, 5) is 0. The molecule has 0 aliphatic carbocycles. The molecule has 0 saturated heterocycles. The highest BCUT2D eigenvalue weighted by atomic mass is 35.5. The first-order chi connectivity index (χ1) is 6.38. The topological polar surface area (TPSA) is 46.2 Å². The van der Waals surface area contributed by atoms with Crippen LogP contribution in [0.2, 0.25) is 5.02 Å². The monoisotopic (exact) mass is 213 g/mol. The lowest BCUT2D eigenvalue weighted by molar-refractivity contribution is 0.471. The highest BCUT2D eigenvalue weighted by Crippen LogP contribution is 2.23. The number of nitrogens with two attached hydrogens (primary N) is 1. The summed E-state index contributed by atoms with van der Waals surface area (Å²) in [5.41, 5.74) is 6.72. The molecule has 0 unspecified atom stereocenters. The first-order valence-electron chi connectivity index (χ1n) is 4.65. The summed E-state index contributed by atoms with van der Waals surface area (Å²) in [6.07, 6.45) is 1.71. The van der Waals surface area contributed by atoms with E-state index in [0.717, 1.165) is 18.4 Å². The highest BCUT2D eigenvalue weighted by molar-refractivity contribution is 6.31. The number of halogens is 1. The van der Waals surface area contributed by atoms with Gasteiger partial charge in [-0.05, 0) is 44.4 Å². The molecule has 0 atom stereocenters. The molecule has 1 aromatic rings. The Hall–Kier alpha value is -0.730. The minimum atomic E-state index is -0.179. The number of phenolic OH excluding ortho intramolecular Hbond substituents is 1.